The first-order valence-electron chi connectivity index (χ1n) is 5.29. The number of nitrogens with one attached hydrogen (secondary N) is 1. The van der Waals surface area contributed by atoms with Crippen LogP contribution in [0.4, 0.5) is 5.69 Å². The predicted molar refractivity (Wildman–Crippen MR) is 63.3 cm³/mol. The van der Waals surface area contributed by atoms with Gasteiger partial charge >= 0.3 is 0 Å². The molecule has 1 heterocycles. The van der Waals surface area contributed by atoms with E-state index in [4.69, 9.17) is 5.11 Å². The van der Waals surface area contributed by atoms with Crippen molar-refractivity contribution in [3.8, 4) is 0 Å². The molecule has 1 aromatic carbocycles. The molecule has 0 aliphatic rings. The van der Waals surface area contributed by atoms with Gasteiger partial charge in [-0.3, -0.25) is 4.68 Å². The van der Waals surface area contributed by atoms with E-state index in [1.54, 1.807) is 6.20 Å². The van der Waals surface area contributed by atoms with Crippen molar-refractivity contribution >= 4 is 5.69 Å². The second kappa shape index (κ2) is 5.32. The molecule has 0 saturated heterocycles. The number of nitrogens with zero attached hydrogens (tertiary/aromatic N) is 2. The van der Waals surface area contributed by atoms with Crippen molar-refractivity contribution in [2.45, 2.75) is 6.54 Å². The maximum absolute atomic E-state index is 8.68. The van der Waals surface area contributed by atoms with Gasteiger partial charge < -0.3 is 10.4 Å². The molecule has 0 aliphatic heterocycles. The van der Waals surface area contributed by atoms with E-state index < -0.39 is 0 Å². The molecule has 0 unspecified atom stereocenters. The molecule has 0 bridgehead atoms. The summed E-state index contributed by atoms with van der Waals surface area (Å²) in [6, 6.07) is 10.2. The maximum Gasteiger partial charge on any atom is 0.0727 e. The molecule has 4 nitrogen and oxygen atoms in total. The van der Waals surface area contributed by atoms with Gasteiger partial charge in [-0.1, -0.05) is 30.3 Å². The lowest BCUT2D eigenvalue weighted by Gasteiger charge is -2.01. The summed E-state index contributed by atoms with van der Waals surface area (Å²) in [4.78, 5) is 0. The highest BCUT2D eigenvalue weighted by Gasteiger charge is 1.98. The van der Waals surface area contributed by atoms with Crippen LogP contribution in [0.3, 0.4) is 0 Å². The first-order chi connectivity index (χ1) is 7.88. The summed E-state index contributed by atoms with van der Waals surface area (Å²) in [6.07, 6.45) is 3.70. The van der Waals surface area contributed by atoms with E-state index in [0.29, 0.717) is 6.54 Å². The van der Waals surface area contributed by atoms with E-state index in [1.807, 2.05) is 29.1 Å². The lowest BCUT2D eigenvalue weighted by molar-refractivity contribution is 0.311. The van der Waals surface area contributed by atoms with Gasteiger partial charge in [0.2, 0.25) is 0 Å². The van der Waals surface area contributed by atoms with Crippen LogP contribution < -0.4 is 5.32 Å². The molecule has 4 heteroatoms. The van der Waals surface area contributed by atoms with Crippen LogP contribution >= 0.6 is 0 Å². The third-order valence-corrected chi connectivity index (χ3v) is 2.26. The molecule has 0 fully saturated rings. The summed E-state index contributed by atoms with van der Waals surface area (Å²) < 4.78 is 1.87. The average molecular weight is 217 g/mol. The molecule has 0 aliphatic carbocycles. The minimum atomic E-state index is 0.129. The summed E-state index contributed by atoms with van der Waals surface area (Å²) in [5.41, 5.74) is 2.16. The molecule has 84 valence electrons. The molecule has 0 spiro atoms. The van der Waals surface area contributed by atoms with Crippen LogP contribution in [0.15, 0.2) is 42.7 Å². The van der Waals surface area contributed by atoms with E-state index in [-0.39, 0.29) is 6.61 Å². The Kier molecular flexibility index (Phi) is 3.56. The van der Waals surface area contributed by atoms with Crippen molar-refractivity contribution in [1.82, 2.24) is 9.78 Å². The van der Waals surface area contributed by atoms with Gasteiger partial charge in [-0.25, -0.2) is 0 Å². The van der Waals surface area contributed by atoms with Gasteiger partial charge in [0.25, 0.3) is 0 Å². The van der Waals surface area contributed by atoms with Crippen LogP contribution in [0, 0.1) is 0 Å². The Morgan fingerprint density at radius 3 is 2.81 bits per heavy atom. The van der Waals surface area contributed by atoms with Crippen molar-refractivity contribution in [3.63, 3.8) is 0 Å². The molecule has 0 amide bonds. The molecule has 16 heavy (non-hydrogen) atoms. The minimum absolute atomic E-state index is 0.129. The second-order valence-electron chi connectivity index (χ2n) is 3.56. The first kappa shape index (κ1) is 10.7. The molecule has 2 rings (SSSR count). The quantitative estimate of drug-likeness (QED) is 0.794. The van der Waals surface area contributed by atoms with Crippen molar-refractivity contribution in [2.24, 2.45) is 0 Å². The van der Waals surface area contributed by atoms with E-state index in [0.717, 1.165) is 12.2 Å². The van der Waals surface area contributed by atoms with Gasteiger partial charge in [0, 0.05) is 12.7 Å². The fraction of sp³-hybridized carbons (Fsp3) is 0.250. The second-order valence-corrected chi connectivity index (χ2v) is 3.56. The topological polar surface area (TPSA) is 50.1 Å². The fourth-order valence-electron chi connectivity index (χ4n) is 1.51. The number of aromatic nitrogens is 2. The summed E-state index contributed by atoms with van der Waals surface area (Å²) in [6.45, 7) is 1.45. The fourth-order valence-corrected chi connectivity index (χ4v) is 1.51. The van der Waals surface area contributed by atoms with E-state index in [2.05, 4.69) is 22.5 Å². The Hall–Kier alpha value is -1.81. The number of aliphatic hydroxyl groups excluding tert-OH is 1. The molecular formula is C12H15N3O. The zero-order valence-electron chi connectivity index (χ0n) is 9.00. The van der Waals surface area contributed by atoms with Crippen LogP contribution in [-0.2, 0) is 6.54 Å². The first-order valence-corrected chi connectivity index (χ1v) is 5.29. The van der Waals surface area contributed by atoms with Crippen LogP contribution in [0.25, 0.3) is 0 Å². The van der Waals surface area contributed by atoms with Gasteiger partial charge in [0.15, 0.2) is 0 Å². The van der Waals surface area contributed by atoms with Crippen molar-refractivity contribution in [3.05, 3.63) is 48.3 Å². The smallest absolute Gasteiger partial charge is 0.0727 e. The van der Waals surface area contributed by atoms with E-state index in [1.165, 1.54) is 5.56 Å². The van der Waals surface area contributed by atoms with Gasteiger partial charge in [-0.2, -0.15) is 5.10 Å². The standard InChI is InChI=1S/C12H15N3O/c16-7-6-13-12-8-14-15(10-12)9-11-4-2-1-3-5-11/h1-5,8,10,13,16H,6-7,9H2. The van der Waals surface area contributed by atoms with E-state index >= 15 is 0 Å². The molecule has 2 aromatic rings. The Labute approximate surface area is 94.5 Å². The molecule has 0 saturated carbocycles. The van der Waals surface area contributed by atoms with Gasteiger partial charge in [0.05, 0.1) is 25.0 Å². The number of hydrogen-bond acceptors (Lipinski definition) is 3. The van der Waals surface area contributed by atoms with Crippen molar-refractivity contribution in [1.29, 1.82) is 0 Å². The summed E-state index contributed by atoms with van der Waals surface area (Å²) >= 11 is 0. The van der Waals surface area contributed by atoms with Gasteiger partial charge in [0.1, 0.15) is 0 Å². The van der Waals surface area contributed by atoms with Gasteiger partial charge in [-0.05, 0) is 5.56 Å². The van der Waals surface area contributed by atoms with Crippen LogP contribution in [0.1, 0.15) is 5.56 Å². The molecule has 0 atom stereocenters. The Bertz CT molecular complexity index is 425. The third kappa shape index (κ3) is 2.84. The van der Waals surface area contributed by atoms with Crippen LogP contribution in [-0.4, -0.2) is 28.0 Å². The van der Waals surface area contributed by atoms with Crippen LogP contribution in [0.2, 0.25) is 0 Å². The number of anilines is 1. The zero-order valence-corrected chi connectivity index (χ0v) is 9.00. The number of aliphatic hydroxyl groups is 1. The Balaban J connectivity index is 1.97. The number of rotatable bonds is 5. The number of hydrogen-bond donors (Lipinski definition) is 2. The highest BCUT2D eigenvalue weighted by molar-refractivity contribution is 5.38. The third-order valence-electron chi connectivity index (χ3n) is 2.26. The lowest BCUT2D eigenvalue weighted by Crippen LogP contribution is -2.04. The predicted octanol–water partition coefficient (Wildman–Crippen LogP) is 1.34. The minimum Gasteiger partial charge on any atom is -0.395 e. The Morgan fingerprint density at radius 2 is 2.06 bits per heavy atom. The number of benzene rings is 1. The van der Waals surface area contributed by atoms with E-state index in [9.17, 15) is 0 Å². The lowest BCUT2D eigenvalue weighted by atomic mass is 10.2. The average Bonchev–Trinajstić information content (AvgIpc) is 2.75. The SMILES string of the molecule is OCCNc1cnn(Cc2ccccc2)c1. The highest BCUT2D eigenvalue weighted by Crippen LogP contribution is 2.07. The summed E-state index contributed by atoms with van der Waals surface area (Å²) in [5, 5.41) is 16.0. The largest absolute Gasteiger partial charge is 0.395 e. The molecule has 2 N–H and O–H groups in total. The Morgan fingerprint density at radius 1 is 1.25 bits per heavy atom. The van der Waals surface area contributed by atoms with Crippen molar-refractivity contribution in [2.75, 3.05) is 18.5 Å². The molecule has 0 radical (unpaired) electrons. The summed E-state index contributed by atoms with van der Waals surface area (Å²) in [7, 11) is 0. The van der Waals surface area contributed by atoms with Crippen molar-refractivity contribution < 1.29 is 5.11 Å². The summed E-state index contributed by atoms with van der Waals surface area (Å²) in [5.74, 6) is 0. The van der Waals surface area contributed by atoms with Crippen LogP contribution in [0.5, 0.6) is 0 Å². The van der Waals surface area contributed by atoms with Gasteiger partial charge in [-0.15, -0.1) is 0 Å². The molecule has 1 aromatic heterocycles. The molecular weight excluding hydrogens is 202 g/mol. The zero-order chi connectivity index (χ0) is 11.2. The highest BCUT2D eigenvalue weighted by atomic mass is 16.3. The maximum atomic E-state index is 8.68. The normalized spacial score (nSPS) is 10.3. The monoisotopic (exact) mass is 217 g/mol.